The van der Waals surface area contributed by atoms with Crippen molar-refractivity contribution < 1.29 is 0 Å². The Hall–Kier alpha value is -0.720. The second-order valence-corrected chi connectivity index (χ2v) is 4.09. The van der Waals surface area contributed by atoms with E-state index in [9.17, 15) is 0 Å². The van der Waals surface area contributed by atoms with Gasteiger partial charge in [-0.1, -0.05) is 30.9 Å². The van der Waals surface area contributed by atoms with Gasteiger partial charge in [-0.2, -0.15) is 0 Å². The maximum atomic E-state index is 5.88. The molecule has 0 amide bonds. The third-order valence-electron chi connectivity index (χ3n) is 2.64. The third kappa shape index (κ3) is 4.76. The number of rotatable bonds is 5. The topological polar surface area (TPSA) is 26.0 Å². The molecule has 1 aliphatic rings. The molecule has 0 heterocycles. The van der Waals surface area contributed by atoms with Gasteiger partial charge in [0, 0.05) is 5.70 Å². The molecule has 0 bridgehead atoms. The molecule has 13 heavy (non-hydrogen) atoms. The molecule has 0 radical (unpaired) electrons. The summed E-state index contributed by atoms with van der Waals surface area (Å²) in [7, 11) is 0. The molecule has 1 nitrogen and oxygen atoms in total. The highest BCUT2D eigenvalue weighted by Crippen LogP contribution is 2.34. The molecule has 0 unspecified atom stereocenters. The van der Waals surface area contributed by atoms with E-state index in [1.165, 1.54) is 31.3 Å². The fraction of sp³-hybridized carbons (Fsp3) is 0.667. The summed E-state index contributed by atoms with van der Waals surface area (Å²) in [6, 6.07) is 0. The summed E-state index contributed by atoms with van der Waals surface area (Å²) in [5, 5.41) is 0. The molecule has 0 spiro atoms. The Morgan fingerprint density at radius 1 is 1.46 bits per heavy atom. The van der Waals surface area contributed by atoms with Gasteiger partial charge in [0.1, 0.15) is 0 Å². The molecule has 1 fully saturated rings. The van der Waals surface area contributed by atoms with Crippen molar-refractivity contribution in [1.82, 2.24) is 0 Å². The normalized spacial score (nSPS) is 19.2. The highest BCUT2D eigenvalue weighted by molar-refractivity contribution is 5.19. The summed E-state index contributed by atoms with van der Waals surface area (Å²) in [5.41, 5.74) is 8.18. The van der Waals surface area contributed by atoms with E-state index in [1.54, 1.807) is 0 Å². The summed E-state index contributed by atoms with van der Waals surface area (Å²) >= 11 is 0. The summed E-state index contributed by atoms with van der Waals surface area (Å²) in [4.78, 5) is 0. The number of allylic oxidation sites excluding steroid dienone is 4. The zero-order valence-electron chi connectivity index (χ0n) is 8.84. The molecule has 74 valence electrons. The summed E-state index contributed by atoms with van der Waals surface area (Å²) < 4.78 is 0. The van der Waals surface area contributed by atoms with Crippen LogP contribution in [0.2, 0.25) is 0 Å². The van der Waals surface area contributed by atoms with Gasteiger partial charge in [0.15, 0.2) is 0 Å². The Bertz CT molecular complexity index is 209. The highest BCUT2D eigenvalue weighted by atomic mass is 14.6. The Labute approximate surface area is 81.7 Å². The van der Waals surface area contributed by atoms with Crippen molar-refractivity contribution in [3.63, 3.8) is 0 Å². The monoisotopic (exact) mass is 179 g/mol. The van der Waals surface area contributed by atoms with Gasteiger partial charge in [-0.15, -0.1) is 0 Å². The van der Waals surface area contributed by atoms with Gasteiger partial charge in [-0.3, -0.25) is 0 Å². The van der Waals surface area contributed by atoms with Crippen LogP contribution in [0.3, 0.4) is 0 Å². The Morgan fingerprint density at radius 2 is 2.15 bits per heavy atom. The lowest BCUT2D eigenvalue weighted by Crippen LogP contribution is -1.97. The minimum atomic E-state index is 1.04. The van der Waals surface area contributed by atoms with Crippen molar-refractivity contribution in [2.75, 3.05) is 0 Å². The summed E-state index contributed by atoms with van der Waals surface area (Å²) in [6.07, 6.45) is 10.8. The molecule has 0 aromatic rings. The fourth-order valence-electron chi connectivity index (χ4n) is 1.45. The minimum absolute atomic E-state index is 1.04. The molecule has 1 saturated carbocycles. The predicted molar refractivity (Wildman–Crippen MR) is 58.3 cm³/mol. The molecule has 0 aliphatic heterocycles. The van der Waals surface area contributed by atoms with Gasteiger partial charge in [-0.25, -0.2) is 0 Å². The van der Waals surface area contributed by atoms with Gasteiger partial charge < -0.3 is 5.73 Å². The van der Waals surface area contributed by atoms with Crippen molar-refractivity contribution in [1.29, 1.82) is 0 Å². The first-order valence-electron chi connectivity index (χ1n) is 5.31. The zero-order chi connectivity index (χ0) is 9.68. The minimum Gasteiger partial charge on any atom is -0.402 e. The van der Waals surface area contributed by atoms with Gasteiger partial charge >= 0.3 is 0 Å². The van der Waals surface area contributed by atoms with E-state index < -0.39 is 0 Å². The SMILES string of the molecule is CC=C(C)/C=C(\N)CCCC1CC1. The van der Waals surface area contributed by atoms with Crippen LogP contribution >= 0.6 is 0 Å². The Balaban J connectivity index is 2.14. The molecule has 2 N–H and O–H groups in total. The molecular weight excluding hydrogens is 158 g/mol. The first-order chi connectivity index (χ1) is 6.22. The van der Waals surface area contributed by atoms with E-state index >= 15 is 0 Å². The second kappa shape index (κ2) is 5.11. The van der Waals surface area contributed by atoms with Crippen molar-refractivity contribution in [2.24, 2.45) is 11.7 Å². The smallest absolute Gasteiger partial charge is 0.00830 e. The van der Waals surface area contributed by atoms with Crippen LogP contribution in [-0.4, -0.2) is 0 Å². The van der Waals surface area contributed by atoms with E-state index in [0.29, 0.717) is 0 Å². The van der Waals surface area contributed by atoms with Gasteiger partial charge in [0.05, 0.1) is 0 Å². The molecule has 1 heteroatoms. The van der Waals surface area contributed by atoms with Crippen LogP contribution in [-0.2, 0) is 0 Å². The average molecular weight is 179 g/mol. The third-order valence-corrected chi connectivity index (χ3v) is 2.64. The van der Waals surface area contributed by atoms with Crippen molar-refractivity contribution >= 4 is 0 Å². The Kier molecular flexibility index (Phi) is 4.07. The fourth-order valence-corrected chi connectivity index (χ4v) is 1.45. The van der Waals surface area contributed by atoms with E-state index in [1.807, 2.05) is 6.92 Å². The van der Waals surface area contributed by atoms with Crippen LogP contribution in [0, 0.1) is 5.92 Å². The van der Waals surface area contributed by atoms with E-state index in [-0.39, 0.29) is 0 Å². The van der Waals surface area contributed by atoms with Crippen molar-refractivity contribution in [3.05, 3.63) is 23.4 Å². The molecule has 0 atom stereocenters. The van der Waals surface area contributed by atoms with Gasteiger partial charge in [-0.05, 0) is 38.7 Å². The number of hydrogen-bond acceptors (Lipinski definition) is 1. The summed E-state index contributed by atoms with van der Waals surface area (Å²) in [5.74, 6) is 1.04. The number of nitrogens with two attached hydrogens (primary N) is 1. The first-order valence-corrected chi connectivity index (χ1v) is 5.31. The zero-order valence-corrected chi connectivity index (χ0v) is 8.84. The highest BCUT2D eigenvalue weighted by Gasteiger charge is 2.19. The second-order valence-electron chi connectivity index (χ2n) is 4.09. The lowest BCUT2D eigenvalue weighted by molar-refractivity contribution is 0.661. The first kappa shape index (κ1) is 10.4. The molecule has 1 rings (SSSR count). The molecule has 1 aliphatic carbocycles. The van der Waals surface area contributed by atoms with Crippen LogP contribution in [0.4, 0.5) is 0 Å². The summed E-state index contributed by atoms with van der Waals surface area (Å²) in [6.45, 7) is 4.14. The lowest BCUT2D eigenvalue weighted by atomic mass is 10.1. The number of hydrogen-bond donors (Lipinski definition) is 1. The van der Waals surface area contributed by atoms with Gasteiger partial charge in [0.25, 0.3) is 0 Å². The van der Waals surface area contributed by atoms with E-state index in [0.717, 1.165) is 18.0 Å². The maximum Gasteiger partial charge on any atom is 0.00830 e. The molecule has 0 aromatic carbocycles. The largest absolute Gasteiger partial charge is 0.402 e. The average Bonchev–Trinajstić information content (AvgIpc) is 2.88. The quantitative estimate of drug-likeness (QED) is 0.643. The predicted octanol–water partition coefficient (Wildman–Crippen LogP) is 3.38. The molecule has 0 aromatic heterocycles. The van der Waals surface area contributed by atoms with Crippen LogP contribution in [0.1, 0.15) is 46.0 Å². The van der Waals surface area contributed by atoms with Crippen molar-refractivity contribution in [3.8, 4) is 0 Å². The van der Waals surface area contributed by atoms with Crippen LogP contribution < -0.4 is 5.73 Å². The van der Waals surface area contributed by atoms with Crippen LogP contribution in [0.25, 0.3) is 0 Å². The standard InChI is InChI=1S/C12H21N/c1-3-10(2)9-12(13)6-4-5-11-7-8-11/h3,9,11H,4-8,13H2,1-2H3/b10-3?,12-9-. The van der Waals surface area contributed by atoms with E-state index in [4.69, 9.17) is 5.73 Å². The lowest BCUT2D eigenvalue weighted by Gasteiger charge is -2.01. The van der Waals surface area contributed by atoms with Crippen LogP contribution in [0.15, 0.2) is 23.4 Å². The maximum absolute atomic E-state index is 5.88. The van der Waals surface area contributed by atoms with E-state index in [2.05, 4.69) is 19.1 Å². The molecular formula is C12H21N. The van der Waals surface area contributed by atoms with Crippen LogP contribution in [0.5, 0.6) is 0 Å². The van der Waals surface area contributed by atoms with Gasteiger partial charge in [0.2, 0.25) is 0 Å². The van der Waals surface area contributed by atoms with Crippen molar-refractivity contribution in [2.45, 2.75) is 46.0 Å². The molecule has 0 saturated heterocycles. The Morgan fingerprint density at radius 3 is 2.69 bits per heavy atom.